The molecule has 0 aliphatic rings. The maximum absolute atomic E-state index is 6.09. The van der Waals surface area contributed by atoms with Gasteiger partial charge < -0.3 is 10.5 Å². The molecule has 0 aromatic rings. The molecule has 0 saturated carbocycles. The predicted molar refractivity (Wildman–Crippen MR) is 76.3 cm³/mol. The maximum Gasteiger partial charge on any atom is 0.0723 e. The first-order chi connectivity index (χ1) is 8.26. The van der Waals surface area contributed by atoms with Crippen LogP contribution in [0.2, 0.25) is 0 Å². The van der Waals surface area contributed by atoms with E-state index in [-0.39, 0.29) is 12.1 Å². The normalized spacial score (nSPS) is 14.8. The summed E-state index contributed by atoms with van der Waals surface area (Å²) in [6.07, 6.45) is 11.5. The summed E-state index contributed by atoms with van der Waals surface area (Å²) in [5, 5.41) is 0. The van der Waals surface area contributed by atoms with Gasteiger partial charge in [-0.3, -0.25) is 0 Å². The number of hydrogen-bond acceptors (Lipinski definition) is 2. The molecule has 2 unspecified atom stereocenters. The Morgan fingerprint density at radius 3 is 2.12 bits per heavy atom. The van der Waals surface area contributed by atoms with Crippen LogP contribution >= 0.6 is 0 Å². The standard InChI is InChI=1S/C15H33NO/c1-4-7-8-9-10-11-13-17-15(6-3)14(16)12-5-2/h14-15H,4-13,16H2,1-3H3. The van der Waals surface area contributed by atoms with Gasteiger partial charge in [0.25, 0.3) is 0 Å². The van der Waals surface area contributed by atoms with Gasteiger partial charge in [0.15, 0.2) is 0 Å². The number of unbranched alkanes of at least 4 members (excludes halogenated alkanes) is 5. The third-order valence-corrected chi connectivity index (χ3v) is 3.33. The van der Waals surface area contributed by atoms with Crippen LogP contribution in [0.4, 0.5) is 0 Å². The summed E-state index contributed by atoms with van der Waals surface area (Å²) in [6, 6.07) is 0.227. The van der Waals surface area contributed by atoms with Crippen molar-refractivity contribution >= 4 is 0 Å². The Morgan fingerprint density at radius 2 is 1.53 bits per heavy atom. The van der Waals surface area contributed by atoms with E-state index in [0.717, 1.165) is 25.9 Å². The highest BCUT2D eigenvalue weighted by molar-refractivity contribution is 4.71. The fourth-order valence-electron chi connectivity index (χ4n) is 2.18. The lowest BCUT2D eigenvalue weighted by atomic mass is 10.0. The van der Waals surface area contributed by atoms with Gasteiger partial charge in [-0.2, -0.15) is 0 Å². The zero-order valence-corrected chi connectivity index (χ0v) is 12.2. The van der Waals surface area contributed by atoms with Gasteiger partial charge in [-0.05, 0) is 19.3 Å². The molecular weight excluding hydrogens is 210 g/mol. The molecule has 2 heteroatoms. The second-order valence-corrected chi connectivity index (χ2v) is 5.04. The van der Waals surface area contributed by atoms with Crippen molar-refractivity contribution in [3.63, 3.8) is 0 Å². The molecule has 2 nitrogen and oxygen atoms in total. The molecule has 17 heavy (non-hydrogen) atoms. The van der Waals surface area contributed by atoms with Gasteiger partial charge in [0.2, 0.25) is 0 Å². The molecule has 0 aliphatic heterocycles. The molecule has 104 valence electrons. The first kappa shape index (κ1) is 16.9. The molecule has 2 N–H and O–H groups in total. The van der Waals surface area contributed by atoms with Crippen LogP contribution in [0.15, 0.2) is 0 Å². The number of hydrogen-bond donors (Lipinski definition) is 1. The summed E-state index contributed by atoms with van der Waals surface area (Å²) in [5.74, 6) is 0. The Labute approximate surface area is 108 Å². The Kier molecular flexibility index (Phi) is 12.3. The first-order valence-electron chi connectivity index (χ1n) is 7.63. The van der Waals surface area contributed by atoms with Crippen molar-refractivity contribution < 1.29 is 4.74 Å². The molecule has 0 aliphatic carbocycles. The van der Waals surface area contributed by atoms with Crippen molar-refractivity contribution in [2.24, 2.45) is 5.73 Å². The van der Waals surface area contributed by atoms with E-state index in [1.165, 1.54) is 38.5 Å². The van der Waals surface area contributed by atoms with Gasteiger partial charge in [-0.15, -0.1) is 0 Å². The van der Waals surface area contributed by atoms with Crippen molar-refractivity contribution in [3.05, 3.63) is 0 Å². The lowest BCUT2D eigenvalue weighted by molar-refractivity contribution is 0.0287. The highest BCUT2D eigenvalue weighted by atomic mass is 16.5. The molecule has 2 atom stereocenters. The lowest BCUT2D eigenvalue weighted by Crippen LogP contribution is -2.36. The minimum Gasteiger partial charge on any atom is -0.377 e. The van der Waals surface area contributed by atoms with E-state index < -0.39 is 0 Å². The zero-order valence-electron chi connectivity index (χ0n) is 12.2. The van der Waals surface area contributed by atoms with Crippen molar-refractivity contribution in [1.82, 2.24) is 0 Å². The third kappa shape index (κ3) is 9.61. The average molecular weight is 243 g/mol. The smallest absolute Gasteiger partial charge is 0.0723 e. The second kappa shape index (κ2) is 12.4. The summed E-state index contributed by atoms with van der Waals surface area (Å²) in [5.41, 5.74) is 6.09. The molecular formula is C15H33NO. The van der Waals surface area contributed by atoms with Crippen molar-refractivity contribution in [3.8, 4) is 0 Å². The zero-order chi connectivity index (χ0) is 12.9. The van der Waals surface area contributed by atoms with Gasteiger partial charge in [-0.1, -0.05) is 59.3 Å². The number of nitrogens with two attached hydrogens (primary N) is 1. The molecule has 0 bridgehead atoms. The first-order valence-corrected chi connectivity index (χ1v) is 7.63. The van der Waals surface area contributed by atoms with E-state index in [0.29, 0.717) is 0 Å². The predicted octanol–water partition coefficient (Wildman–Crippen LogP) is 4.27. The van der Waals surface area contributed by atoms with Gasteiger partial charge in [0, 0.05) is 12.6 Å². The van der Waals surface area contributed by atoms with Crippen LogP contribution in [0.1, 0.15) is 78.6 Å². The quantitative estimate of drug-likeness (QED) is 0.520. The van der Waals surface area contributed by atoms with Crippen LogP contribution in [0.3, 0.4) is 0 Å². The van der Waals surface area contributed by atoms with Crippen molar-refractivity contribution in [1.29, 1.82) is 0 Å². The summed E-state index contributed by atoms with van der Waals surface area (Å²) in [7, 11) is 0. The molecule has 0 amide bonds. The minimum absolute atomic E-state index is 0.227. The number of rotatable bonds is 12. The maximum atomic E-state index is 6.09. The monoisotopic (exact) mass is 243 g/mol. The number of ether oxygens (including phenoxy) is 1. The van der Waals surface area contributed by atoms with Crippen molar-refractivity contribution in [2.45, 2.75) is 90.7 Å². The molecule has 0 aromatic carbocycles. The van der Waals surface area contributed by atoms with Crippen LogP contribution < -0.4 is 5.73 Å². The second-order valence-electron chi connectivity index (χ2n) is 5.04. The van der Waals surface area contributed by atoms with Crippen LogP contribution in [0, 0.1) is 0 Å². The van der Waals surface area contributed by atoms with Crippen molar-refractivity contribution in [2.75, 3.05) is 6.61 Å². The van der Waals surface area contributed by atoms with Gasteiger partial charge in [0.05, 0.1) is 6.10 Å². The van der Waals surface area contributed by atoms with Crippen LogP contribution in [-0.4, -0.2) is 18.8 Å². The fraction of sp³-hybridized carbons (Fsp3) is 1.00. The van der Waals surface area contributed by atoms with Gasteiger partial charge in [-0.25, -0.2) is 0 Å². The summed E-state index contributed by atoms with van der Waals surface area (Å²) < 4.78 is 5.89. The van der Waals surface area contributed by atoms with E-state index in [4.69, 9.17) is 10.5 Å². The average Bonchev–Trinajstić information content (AvgIpc) is 2.33. The van der Waals surface area contributed by atoms with Crippen LogP contribution in [-0.2, 0) is 4.74 Å². The SMILES string of the molecule is CCCCCCCCOC(CC)C(N)CCC. The van der Waals surface area contributed by atoms with E-state index in [1.807, 2.05) is 0 Å². The van der Waals surface area contributed by atoms with E-state index in [2.05, 4.69) is 20.8 Å². The molecule has 0 spiro atoms. The molecule has 0 rings (SSSR count). The molecule has 0 radical (unpaired) electrons. The Bertz CT molecular complexity index is 150. The van der Waals surface area contributed by atoms with E-state index in [1.54, 1.807) is 0 Å². The fourth-order valence-corrected chi connectivity index (χ4v) is 2.18. The van der Waals surface area contributed by atoms with Crippen LogP contribution in [0.5, 0.6) is 0 Å². The Hall–Kier alpha value is -0.0800. The van der Waals surface area contributed by atoms with Crippen LogP contribution in [0.25, 0.3) is 0 Å². The highest BCUT2D eigenvalue weighted by Gasteiger charge is 2.14. The Morgan fingerprint density at radius 1 is 0.882 bits per heavy atom. The molecule has 0 saturated heterocycles. The molecule has 0 fully saturated rings. The lowest BCUT2D eigenvalue weighted by Gasteiger charge is -2.22. The molecule has 0 aromatic heterocycles. The highest BCUT2D eigenvalue weighted by Crippen LogP contribution is 2.10. The largest absolute Gasteiger partial charge is 0.377 e. The Balaban J connectivity index is 3.43. The minimum atomic E-state index is 0.227. The topological polar surface area (TPSA) is 35.2 Å². The molecule has 0 heterocycles. The van der Waals surface area contributed by atoms with Gasteiger partial charge in [0.1, 0.15) is 0 Å². The van der Waals surface area contributed by atoms with E-state index >= 15 is 0 Å². The summed E-state index contributed by atoms with van der Waals surface area (Å²) in [6.45, 7) is 7.49. The third-order valence-electron chi connectivity index (χ3n) is 3.33. The summed E-state index contributed by atoms with van der Waals surface area (Å²) >= 11 is 0. The van der Waals surface area contributed by atoms with E-state index in [9.17, 15) is 0 Å². The summed E-state index contributed by atoms with van der Waals surface area (Å²) in [4.78, 5) is 0. The van der Waals surface area contributed by atoms with Gasteiger partial charge >= 0.3 is 0 Å².